The number of rotatable bonds is 4. The first-order valence-electron chi connectivity index (χ1n) is 5.88. The summed E-state index contributed by atoms with van der Waals surface area (Å²) in [5.74, 6) is 0.337. The number of carbonyl (C=O) groups excluding carboxylic acids is 1. The number of amides is 1. The van der Waals surface area contributed by atoms with Gasteiger partial charge in [-0.25, -0.2) is 0 Å². The minimum Gasteiger partial charge on any atom is -0.370 e. The molecule has 0 aromatic carbocycles. The molecular weight excluding hydrogens is 300 g/mol. The fourth-order valence-electron chi connectivity index (χ4n) is 2.29. The molecule has 94 valence electrons. The number of hydrogen-bond acceptors (Lipinski definition) is 3. The summed E-state index contributed by atoms with van der Waals surface area (Å²) >= 11 is 5.28. The van der Waals surface area contributed by atoms with Crippen LogP contribution in [-0.2, 0) is 11.3 Å². The SMILES string of the molecule is NC(=O)CC1CCN(Cc2ccc(Br)s2)CC1. The van der Waals surface area contributed by atoms with Crippen molar-refractivity contribution >= 4 is 33.2 Å². The molecule has 1 aliphatic heterocycles. The number of piperidine rings is 1. The highest BCUT2D eigenvalue weighted by atomic mass is 79.9. The van der Waals surface area contributed by atoms with E-state index < -0.39 is 0 Å². The third kappa shape index (κ3) is 4.08. The van der Waals surface area contributed by atoms with Gasteiger partial charge >= 0.3 is 0 Å². The summed E-state index contributed by atoms with van der Waals surface area (Å²) in [6, 6.07) is 4.27. The van der Waals surface area contributed by atoms with Crippen LogP contribution in [0, 0.1) is 5.92 Å². The summed E-state index contributed by atoms with van der Waals surface area (Å²) in [4.78, 5) is 14.7. The number of halogens is 1. The molecule has 1 aliphatic rings. The first-order valence-corrected chi connectivity index (χ1v) is 7.49. The second kappa shape index (κ2) is 5.98. The second-order valence-corrected chi connectivity index (χ2v) is 7.14. The van der Waals surface area contributed by atoms with Crippen LogP contribution in [-0.4, -0.2) is 23.9 Å². The van der Waals surface area contributed by atoms with Gasteiger partial charge in [0, 0.05) is 17.8 Å². The third-order valence-corrected chi connectivity index (χ3v) is 4.81. The Bertz CT molecular complexity index is 386. The molecule has 17 heavy (non-hydrogen) atoms. The van der Waals surface area contributed by atoms with E-state index in [-0.39, 0.29) is 5.91 Å². The van der Waals surface area contributed by atoms with Crippen LogP contribution in [0.25, 0.3) is 0 Å². The van der Waals surface area contributed by atoms with Crippen LogP contribution in [0.3, 0.4) is 0 Å². The molecule has 0 radical (unpaired) electrons. The third-order valence-electron chi connectivity index (χ3n) is 3.21. The smallest absolute Gasteiger partial charge is 0.217 e. The Morgan fingerprint density at radius 3 is 2.71 bits per heavy atom. The van der Waals surface area contributed by atoms with Crippen LogP contribution in [0.4, 0.5) is 0 Å². The fraction of sp³-hybridized carbons (Fsp3) is 0.583. The molecule has 2 N–H and O–H groups in total. The maximum Gasteiger partial charge on any atom is 0.217 e. The van der Waals surface area contributed by atoms with Crippen molar-refractivity contribution in [3.05, 3.63) is 20.8 Å². The number of hydrogen-bond donors (Lipinski definition) is 1. The minimum atomic E-state index is -0.161. The largest absolute Gasteiger partial charge is 0.370 e. The predicted octanol–water partition coefficient (Wildman–Crippen LogP) is 2.60. The van der Waals surface area contributed by atoms with Gasteiger partial charge in [-0.2, -0.15) is 0 Å². The number of primary amides is 1. The van der Waals surface area contributed by atoms with Crippen LogP contribution < -0.4 is 5.73 Å². The van der Waals surface area contributed by atoms with E-state index in [1.54, 1.807) is 11.3 Å². The Morgan fingerprint density at radius 2 is 2.18 bits per heavy atom. The maximum absolute atomic E-state index is 10.8. The van der Waals surface area contributed by atoms with E-state index in [1.807, 2.05) is 0 Å². The van der Waals surface area contributed by atoms with E-state index in [0.29, 0.717) is 12.3 Å². The molecular formula is C12H17BrN2OS. The maximum atomic E-state index is 10.8. The lowest BCUT2D eigenvalue weighted by molar-refractivity contribution is -0.119. The van der Waals surface area contributed by atoms with Gasteiger partial charge in [-0.1, -0.05) is 0 Å². The Kier molecular flexibility index (Phi) is 4.59. The fourth-order valence-corrected chi connectivity index (χ4v) is 3.82. The molecule has 1 aromatic rings. The summed E-state index contributed by atoms with van der Waals surface area (Å²) in [6.45, 7) is 3.18. The second-order valence-electron chi connectivity index (χ2n) is 4.60. The Hall–Kier alpha value is -0.390. The van der Waals surface area contributed by atoms with Crippen LogP contribution in [0.15, 0.2) is 15.9 Å². The van der Waals surface area contributed by atoms with Gasteiger partial charge in [0.2, 0.25) is 5.91 Å². The monoisotopic (exact) mass is 316 g/mol. The van der Waals surface area contributed by atoms with Gasteiger partial charge in [0.05, 0.1) is 3.79 Å². The number of nitrogens with zero attached hydrogens (tertiary/aromatic N) is 1. The molecule has 1 saturated heterocycles. The average Bonchev–Trinajstić information content (AvgIpc) is 2.66. The van der Waals surface area contributed by atoms with Crippen LogP contribution in [0.5, 0.6) is 0 Å². The van der Waals surface area contributed by atoms with Gasteiger partial charge < -0.3 is 5.73 Å². The molecule has 0 unspecified atom stereocenters. The molecule has 0 saturated carbocycles. The van der Waals surface area contributed by atoms with E-state index >= 15 is 0 Å². The van der Waals surface area contributed by atoms with Crippen LogP contribution in [0.2, 0.25) is 0 Å². The molecule has 0 atom stereocenters. The van der Waals surface area contributed by atoms with Crippen LogP contribution >= 0.6 is 27.3 Å². The van der Waals surface area contributed by atoms with Crippen molar-refractivity contribution in [1.29, 1.82) is 0 Å². The number of thiophene rings is 1. The number of nitrogens with two attached hydrogens (primary N) is 1. The minimum absolute atomic E-state index is 0.161. The predicted molar refractivity (Wildman–Crippen MR) is 73.8 cm³/mol. The standard InChI is InChI=1S/C12H17BrN2OS/c13-11-2-1-10(17-11)8-15-5-3-9(4-6-15)7-12(14)16/h1-2,9H,3-8H2,(H2,14,16). The van der Waals surface area contributed by atoms with Crippen molar-refractivity contribution in [2.75, 3.05) is 13.1 Å². The molecule has 2 rings (SSSR count). The van der Waals surface area contributed by atoms with Gasteiger partial charge in [-0.3, -0.25) is 9.69 Å². The first-order chi connectivity index (χ1) is 8.13. The van der Waals surface area contributed by atoms with Crippen molar-refractivity contribution in [3.8, 4) is 0 Å². The first kappa shape index (κ1) is 13.1. The highest BCUT2D eigenvalue weighted by Crippen LogP contribution is 2.26. The highest BCUT2D eigenvalue weighted by molar-refractivity contribution is 9.11. The average molecular weight is 317 g/mol. The van der Waals surface area contributed by atoms with E-state index in [2.05, 4.69) is 33.0 Å². The summed E-state index contributed by atoms with van der Waals surface area (Å²) in [6.07, 6.45) is 2.74. The highest BCUT2D eigenvalue weighted by Gasteiger charge is 2.20. The van der Waals surface area contributed by atoms with E-state index in [9.17, 15) is 4.79 Å². The van der Waals surface area contributed by atoms with Gasteiger partial charge in [0.15, 0.2) is 0 Å². The lowest BCUT2D eigenvalue weighted by atomic mass is 9.93. The van der Waals surface area contributed by atoms with Crippen LogP contribution in [0.1, 0.15) is 24.1 Å². The van der Waals surface area contributed by atoms with Crippen molar-refractivity contribution in [1.82, 2.24) is 4.90 Å². The lowest BCUT2D eigenvalue weighted by Crippen LogP contribution is -2.34. The van der Waals surface area contributed by atoms with Crippen molar-refractivity contribution in [2.24, 2.45) is 11.7 Å². The van der Waals surface area contributed by atoms with E-state index in [0.717, 1.165) is 32.5 Å². The molecule has 0 spiro atoms. The van der Waals surface area contributed by atoms with Gasteiger partial charge in [0.1, 0.15) is 0 Å². The van der Waals surface area contributed by atoms with Crippen molar-refractivity contribution < 1.29 is 4.79 Å². The Morgan fingerprint density at radius 1 is 1.47 bits per heavy atom. The zero-order chi connectivity index (χ0) is 12.3. The number of carbonyl (C=O) groups is 1. The summed E-state index contributed by atoms with van der Waals surface area (Å²) < 4.78 is 1.19. The molecule has 1 fully saturated rings. The molecule has 3 nitrogen and oxygen atoms in total. The Labute approximate surface area is 114 Å². The topological polar surface area (TPSA) is 46.3 Å². The van der Waals surface area contributed by atoms with Gasteiger partial charge in [-0.15, -0.1) is 11.3 Å². The summed E-state index contributed by atoms with van der Waals surface area (Å²) in [5, 5.41) is 0. The molecule has 2 heterocycles. The Balaban J connectivity index is 1.77. The molecule has 0 aliphatic carbocycles. The van der Waals surface area contributed by atoms with Gasteiger partial charge in [-0.05, 0) is 59.9 Å². The zero-order valence-electron chi connectivity index (χ0n) is 9.69. The lowest BCUT2D eigenvalue weighted by Gasteiger charge is -2.31. The molecule has 0 bridgehead atoms. The normalized spacial score (nSPS) is 18.4. The van der Waals surface area contributed by atoms with E-state index in [4.69, 9.17) is 5.73 Å². The van der Waals surface area contributed by atoms with Crippen molar-refractivity contribution in [3.63, 3.8) is 0 Å². The molecule has 1 aromatic heterocycles. The molecule has 1 amide bonds. The van der Waals surface area contributed by atoms with E-state index in [1.165, 1.54) is 8.66 Å². The number of likely N-dealkylation sites (tertiary alicyclic amines) is 1. The van der Waals surface area contributed by atoms with Crippen molar-refractivity contribution in [2.45, 2.75) is 25.8 Å². The summed E-state index contributed by atoms with van der Waals surface area (Å²) in [7, 11) is 0. The zero-order valence-corrected chi connectivity index (χ0v) is 12.1. The molecule has 5 heteroatoms. The summed E-state index contributed by atoms with van der Waals surface area (Å²) in [5.41, 5.74) is 5.23. The quantitative estimate of drug-likeness (QED) is 0.928. The van der Waals surface area contributed by atoms with Gasteiger partial charge in [0.25, 0.3) is 0 Å².